The van der Waals surface area contributed by atoms with Gasteiger partial charge < -0.3 is 5.32 Å². The monoisotopic (exact) mass is 261 g/mol. The summed E-state index contributed by atoms with van der Waals surface area (Å²) in [6.45, 7) is 4.13. The molecule has 3 nitrogen and oxygen atoms in total. The van der Waals surface area contributed by atoms with Gasteiger partial charge in [-0.15, -0.1) is 0 Å². The van der Waals surface area contributed by atoms with Crippen LogP contribution in [0.3, 0.4) is 0 Å². The fourth-order valence-electron chi connectivity index (χ4n) is 1.73. The van der Waals surface area contributed by atoms with Crippen LogP contribution in [-0.4, -0.2) is 9.97 Å². The molecule has 4 heteroatoms. The molecule has 1 N–H and O–H groups in total. The SMILES string of the molecule is CCCc1ccc(Nc2nc(Cl)ncc2C)cc1. The maximum atomic E-state index is 5.79. The lowest BCUT2D eigenvalue weighted by molar-refractivity contribution is 0.922. The second kappa shape index (κ2) is 5.83. The van der Waals surface area contributed by atoms with Gasteiger partial charge in [0, 0.05) is 17.4 Å². The second-order valence-electron chi connectivity index (χ2n) is 4.24. The van der Waals surface area contributed by atoms with Crippen LogP contribution in [0.2, 0.25) is 5.28 Å². The van der Waals surface area contributed by atoms with Gasteiger partial charge in [-0.3, -0.25) is 0 Å². The molecule has 0 atom stereocenters. The van der Waals surface area contributed by atoms with Gasteiger partial charge in [-0.25, -0.2) is 9.97 Å². The zero-order valence-corrected chi connectivity index (χ0v) is 11.3. The summed E-state index contributed by atoms with van der Waals surface area (Å²) in [5.74, 6) is 0.748. The minimum Gasteiger partial charge on any atom is -0.340 e. The van der Waals surface area contributed by atoms with E-state index in [1.807, 2.05) is 6.92 Å². The third-order valence-corrected chi connectivity index (χ3v) is 2.88. The largest absolute Gasteiger partial charge is 0.340 e. The van der Waals surface area contributed by atoms with Crippen molar-refractivity contribution in [1.82, 2.24) is 9.97 Å². The van der Waals surface area contributed by atoms with Crippen LogP contribution >= 0.6 is 11.6 Å². The van der Waals surface area contributed by atoms with Crippen LogP contribution in [0.1, 0.15) is 24.5 Å². The molecule has 0 saturated carbocycles. The number of aromatic nitrogens is 2. The average molecular weight is 262 g/mol. The van der Waals surface area contributed by atoms with E-state index in [1.54, 1.807) is 6.20 Å². The third-order valence-electron chi connectivity index (χ3n) is 2.70. The molecule has 0 spiro atoms. The van der Waals surface area contributed by atoms with Crippen LogP contribution in [0.4, 0.5) is 11.5 Å². The number of hydrogen-bond donors (Lipinski definition) is 1. The molecule has 2 aromatic rings. The van der Waals surface area contributed by atoms with Crippen molar-refractivity contribution in [3.05, 3.63) is 46.9 Å². The summed E-state index contributed by atoms with van der Waals surface area (Å²) in [5, 5.41) is 3.50. The molecular weight excluding hydrogens is 246 g/mol. The van der Waals surface area contributed by atoms with Gasteiger partial charge in [0.15, 0.2) is 0 Å². The molecule has 0 fully saturated rings. The normalized spacial score (nSPS) is 10.4. The van der Waals surface area contributed by atoms with Crippen LogP contribution < -0.4 is 5.32 Å². The molecule has 94 valence electrons. The standard InChI is InChI=1S/C14H16ClN3/c1-3-4-11-5-7-12(8-6-11)17-13-10(2)9-16-14(15)18-13/h5-9H,3-4H2,1-2H3,(H,16,17,18). The molecular formula is C14H16ClN3. The van der Waals surface area contributed by atoms with Gasteiger partial charge in [0.2, 0.25) is 5.28 Å². The molecule has 0 aliphatic carbocycles. The molecule has 1 heterocycles. The zero-order valence-electron chi connectivity index (χ0n) is 10.6. The van der Waals surface area contributed by atoms with E-state index in [9.17, 15) is 0 Å². The highest BCUT2D eigenvalue weighted by atomic mass is 35.5. The van der Waals surface area contributed by atoms with Crippen LogP contribution in [0.15, 0.2) is 30.5 Å². The van der Waals surface area contributed by atoms with Crippen molar-refractivity contribution < 1.29 is 0 Å². The summed E-state index contributed by atoms with van der Waals surface area (Å²) in [6.07, 6.45) is 3.98. The highest BCUT2D eigenvalue weighted by Gasteiger charge is 2.02. The smallest absolute Gasteiger partial charge is 0.224 e. The van der Waals surface area contributed by atoms with Gasteiger partial charge in [0.05, 0.1) is 0 Å². The Hall–Kier alpha value is -1.61. The maximum Gasteiger partial charge on any atom is 0.224 e. The Kier molecular flexibility index (Phi) is 4.15. The van der Waals surface area contributed by atoms with Crippen LogP contribution in [0, 0.1) is 6.92 Å². The predicted octanol–water partition coefficient (Wildman–Crippen LogP) is 4.13. The van der Waals surface area contributed by atoms with E-state index in [-0.39, 0.29) is 5.28 Å². The Morgan fingerprint density at radius 2 is 1.94 bits per heavy atom. The summed E-state index contributed by atoms with van der Waals surface area (Å²) in [7, 11) is 0. The van der Waals surface area contributed by atoms with E-state index in [2.05, 4.69) is 46.5 Å². The molecule has 0 saturated heterocycles. The first-order valence-corrected chi connectivity index (χ1v) is 6.42. The van der Waals surface area contributed by atoms with Crippen molar-refractivity contribution in [1.29, 1.82) is 0 Å². The highest BCUT2D eigenvalue weighted by molar-refractivity contribution is 6.28. The number of benzene rings is 1. The van der Waals surface area contributed by atoms with E-state index in [0.29, 0.717) is 0 Å². The second-order valence-corrected chi connectivity index (χ2v) is 4.58. The van der Waals surface area contributed by atoms with Crippen molar-refractivity contribution >= 4 is 23.1 Å². The third kappa shape index (κ3) is 3.20. The molecule has 0 unspecified atom stereocenters. The number of hydrogen-bond acceptors (Lipinski definition) is 3. The van der Waals surface area contributed by atoms with Crippen molar-refractivity contribution in [2.75, 3.05) is 5.32 Å². The van der Waals surface area contributed by atoms with E-state index in [1.165, 1.54) is 5.56 Å². The molecule has 2 rings (SSSR count). The number of nitrogens with zero attached hydrogens (tertiary/aromatic N) is 2. The van der Waals surface area contributed by atoms with E-state index in [0.717, 1.165) is 29.9 Å². The van der Waals surface area contributed by atoms with Gasteiger partial charge in [-0.1, -0.05) is 25.5 Å². The topological polar surface area (TPSA) is 37.8 Å². The quantitative estimate of drug-likeness (QED) is 0.841. The molecule has 18 heavy (non-hydrogen) atoms. The van der Waals surface area contributed by atoms with Gasteiger partial charge in [0.1, 0.15) is 5.82 Å². The van der Waals surface area contributed by atoms with Crippen LogP contribution in [-0.2, 0) is 6.42 Å². The predicted molar refractivity (Wildman–Crippen MR) is 75.5 cm³/mol. The number of aryl methyl sites for hydroxylation is 2. The minimum absolute atomic E-state index is 0.255. The summed E-state index contributed by atoms with van der Waals surface area (Å²) in [5.41, 5.74) is 3.32. The Bertz CT molecular complexity index is 523. The van der Waals surface area contributed by atoms with E-state index in [4.69, 9.17) is 11.6 Å². The summed E-state index contributed by atoms with van der Waals surface area (Å²) in [4.78, 5) is 8.10. The zero-order chi connectivity index (χ0) is 13.0. The Morgan fingerprint density at radius 3 is 2.61 bits per heavy atom. The summed E-state index contributed by atoms with van der Waals surface area (Å²) >= 11 is 5.79. The lowest BCUT2D eigenvalue weighted by Gasteiger charge is -2.09. The van der Waals surface area contributed by atoms with Crippen molar-refractivity contribution in [3.63, 3.8) is 0 Å². The molecule has 1 aromatic carbocycles. The van der Waals surface area contributed by atoms with E-state index >= 15 is 0 Å². The van der Waals surface area contributed by atoms with Crippen LogP contribution in [0.25, 0.3) is 0 Å². The van der Waals surface area contributed by atoms with Gasteiger partial charge in [-0.05, 0) is 42.6 Å². The lowest BCUT2D eigenvalue weighted by Crippen LogP contribution is -1.98. The summed E-state index contributed by atoms with van der Waals surface area (Å²) < 4.78 is 0. The van der Waals surface area contributed by atoms with Crippen molar-refractivity contribution in [3.8, 4) is 0 Å². The fraction of sp³-hybridized carbons (Fsp3) is 0.286. The minimum atomic E-state index is 0.255. The molecule has 0 amide bonds. The molecule has 0 radical (unpaired) electrons. The summed E-state index contributed by atoms with van der Waals surface area (Å²) in [6, 6.07) is 8.37. The Labute approximate surface area is 112 Å². The Balaban J connectivity index is 2.15. The number of halogens is 1. The van der Waals surface area contributed by atoms with Gasteiger partial charge in [0.25, 0.3) is 0 Å². The average Bonchev–Trinajstić information content (AvgIpc) is 2.37. The fourth-order valence-corrected chi connectivity index (χ4v) is 1.86. The lowest BCUT2D eigenvalue weighted by atomic mass is 10.1. The molecule has 0 aliphatic rings. The maximum absolute atomic E-state index is 5.79. The first-order chi connectivity index (χ1) is 8.69. The first-order valence-electron chi connectivity index (χ1n) is 6.04. The van der Waals surface area contributed by atoms with Crippen LogP contribution in [0.5, 0.6) is 0 Å². The number of anilines is 2. The van der Waals surface area contributed by atoms with Gasteiger partial charge >= 0.3 is 0 Å². The van der Waals surface area contributed by atoms with Crippen molar-refractivity contribution in [2.24, 2.45) is 0 Å². The molecule has 1 aromatic heterocycles. The Morgan fingerprint density at radius 1 is 1.22 bits per heavy atom. The number of nitrogens with one attached hydrogen (secondary N) is 1. The van der Waals surface area contributed by atoms with Gasteiger partial charge in [-0.2, -0.15) is 0 Å². The van der Waals surface area contributed by atoms with E-state index < -0.39 is 0 Å². The number of rotatable bonds is 4. The highest BCUT2D eigenvalue weighted by Crippen LogP contribution is 2.19. The first kappa shape index (κ1) is 12.8. The van der Waals surface area contributed by atoms with Crippen molar-refractivity contribution in [2.45, 2.75) is 26.7 Å². The molecule has 0 bridgehead atoms. The molecule has 0 aliphatic heterocycles.